The summed E-state index contributed by atoms with van der Waals surface area (Å²) in [6.45, 7) is 4.30. The second kappa shape index (κ2) is 4.72. The molecule has 0 saturated heterocycles. The molecule has 0 aliphatic rings. The number of rotatable bonds is 3. The van der Waals surface area contributed by atoms with Gasteiger partial charge in [-0.25, -0.2) is 4.98 Å². The summed E-state index contributed by atoms with van der Waals surface area (Å²) < 4.78 is 0. The molecule has 1 unspecified atom stereocenters. The zero-order valence-corrected chi connectivity index (χ0v) is 9.32. The van der Waals surface area contributed by atoms with E-state index >= 15 is 0 Å². The van der Waals surface area contributed by atoms with Crippen molar-refractivity contribution in [2.24, 2.45) is 0 Å². The lowest BCUT2D eigenvalue weighted by Gasteiger charge is -2.09. The Kier molecular flexibility index (Phi) is 3.88. The van der Waals surface area contributed by atoms with E-state index in [2.05, 4.69) is 18.8 Å². The van der Waals surface area contributed by atoms with Gasteiger partial charge in [0.1, 0.15) is 5.03 Å². The van der Waals surface area contributed by atoms with Crippen molar-refractivity contribution in [3.05, 3.63) is 17.3 Å². The van der Waals surface area contributed by atoms with Crippen molar-refractivity contribution in [3.8, 4) is 0 Å². The topological polar surface area (TPSA) is 38.9 Å². The predicted octanol–water partition coefficient (Wildman–Crippen LogP) is 3.21. The van der Waals surface area contributed by atoms with Crippen molar-refractivity contribution >= 4 is 29.1 Å². The fourth-order valence-corrected chi connectivity index (χ4v) is 1.84. The van der Waals surface area contributed by atoms with Crippen LogP contribution in [-0.4, -0.2) is 10.2 Å². The highest BCUT2D eigenvalue weighted by Gasteiger charge is 2.06. The van der Waals surface area contributed by atoms with E-state index in [9.17, 15) is 0 Å². The summed E-state index contributed by atoms with van der Waals surface area (Å²) in [5.74, 6) is 0. The molecule has 13 heavy (non-hydrogen) atoms. The number of pyridine rings is 1. The SMILES string of the molecule is CCC(C)Sc1ncc(Cl)cc1N. The number of hydrogen-bond donors (Lipinski definition) is 1. The average molecular weight is 217 g/mol. The van der Waals surface area contributed by atoms with Gasteiger partial charge in [0.15, 0.2) is 0 Å². The van der Waals surface area contributed by atoms with Crippen molar-refractivity contribution in [1.82, 2.24) is 4.98 Å². The lowest BCUT2D eigenvalue weighted by molar-refractivity contribution is 0.901. The van der Waals surface area contributed by atoms with Crippen molar-refractivity contribution in [3.63, 3.8) is 0 Å². The van der Waals surface area contributed by atoms with Crippen LogP contribution in [0.25, 0.3) is 0 Å². The highest BCUT2D eigenvalue weighted by Crippen LogP contribution is 2.29. The van der Waals surface area contributed by atoms with E-state index in [1.54, 1.807) is 24.0 Å². The van der Waals surface area contributed by atoms with Crippen LogP contribution in [0.15, 0.2) is 17.3 Å². The van der Waals surface area contributed by atoms with Crippen molar-refractivity contribution < 1.29 is 0 Å². The summed E-state index contributed by atoms with van der Waals surface area (Å²) in [6.07, 6.45) is 2.73. The number of hydrogen-bond acceptors (Lipinski definition) is 3. The van der Waals surface area contributed by atoms with Gasteiger partial charge in [0.2, 0.25) is 0 Å². The number of halogens is 1. The second-order valence-corrected chi connectivity index (χ2v) is 4.75. The molecule has 0 amide bonds. The molecule has 0 aromatic carbocycles. The van der Waals surface area contributed by atoms with Crippen LogP contribution < -0.4 is 5.73 Å². The molecule has 4 heteroatoms. The third-order valence-electron chi connectivity index (χ3n) is 1.73. The van der Waals surface area contributed by atoms with Gasteiger partial charge in [0.05, 0.1) is 10.7 Å². The molecule has 0 aliphatic heterocycles. The molecule has 0 spiro atoms. The number of nitrogens with zero attached hydrogens (tertiary/aromatic N) is 1. The summed E-state index contributed by atoms with van der Waals surface area (Å²) in [5.41, 5.74) is 6.42. The van der Waals surface area contributed by atoms with E-state index in [-0.39, 0.29) is 0 Å². The van der Waals surface area contributed by atoms with Gasteiger partial charge in [-0.2, -0.15) is 0 Å². The fourth-order valence-electron chi connectivity index (χ4n) is 0.815. The highest BCUT2D eigenvalue weighted by molar-refractivity contribution is 8.00. The maximum Gasteiger partial charge on any atom is 0.119 e. The zero-order valence-electron chi connectivity index (χ0n) is 7.75. The molecular weight excluding hydrogens is 204 g/mol. The maximum atomic E-state index is 5.76. The van der Waals surface area contributed by atoms with E-state index in [4.69, 9.17) is 17.3 Å². The van der Waals surface area contributed by atoms with Crippen LogP contribution in [0.3, 0.4) is 0 Å². The fraction of sp³-hybridized carbons (Fsp3) is 0.444. The third kappa shape index (κ3) is 3.08. The first-order valence-electron chi connectivity index (χ1n) is 4.21. The first-order chi connectivity index (χ1) is 6.13. The molecule has 2 nitrogen and oxygen atoms in total. The predicted molar refractivity (Wildman–Crippen MR) is 59.3 cm³/mol. The monoisotopic (exact) mass is 216 g/mol. The highest BCUT2D eigenvalue weighted by atomic mass is 35.5. The van der Waals surface area contributed by atoms with Gasteiger partial charge in [-0.05, 0) is 12.5 Å². The van der Waals surface area contributed by atoms with Crippen LogP contribution in [-0.2, 0) is 0 Å². The first-order valence-corrected chi connectivity index (χ1v) is 5.47. The van der Waals surface area contributed by atoms with Crippen molar-refractivity contribution in [1.29, 1.82) is 0 Å². The summed E-state index contributed by atoms with van der Waals surface area (Å²) in [5, 5.41) is 2.00. The Morgan fingerprint density at radius 2 is 2.38 bits per heavy atom. The standard InChI is InChI=1S/C9H13ClN2S/c1-3-6(2)13-9-8(11)4-7(10)5-12-9/h4-6H,3,11H2,1-2H3. The summed E-state index contributed by atoms with van der Waals surface area (Å²) in [7, 11) is 0. The zero-order chi connectivity index (χ0) is 9.84. The molecule has 1 aromatic rings. The Bertz CT molecular complexity index is 291. The van der Waals surface area contributed by atoms with Crippen molar-refractivity contribution in [2.75, 3.05) is 5.73 Å². The van der Waals surface area contributed by atoms with Crippen LogP contribution in [0.5, 0.6) is 0 Å². The molecule has 1 heterocycles. The molecule has 2 N–H and O–H groups in total. The van der Waals surface area contributed by atoms with Gasteiger partial charge in [0.25, 0.3) is 0 Å². The van der Waals surface area contributed by atoms with Gasteiger partial charge in [-0.3, -0.25) is 0 Å². The van der Waals surface area contributed by atoms with Crippen molar-refractivity contribution in [2.45, 2.75) is 30.5 Å². The molecule has 0 radical (unpaired) electrons. The molecule has 0 fully saturated rings. The second-order valence-electron chi connectivity index (χ2n) is 2.88. The molecule has 0 aliphatic carbocycles. The summed E-state index contributed by atoms with van der Waals surface area (Å²) >= 11 is 7.42. The number of nitrogen functional groups attached to an aromatic ring is 1. The Labute approximate surface area is 87.9 Å². The van der Waals surface area contributed by atoms with E-state index in [1.807, 2.05) is 0 Å². The van der Waals surface area contributed by atoms with E-state index in [1.165, 1.54) is 0 Å². The van der Waals surface area contributed by atoms with Crippen LogP contribution in [0.4, 0.5) is 5.69 Å². The van der Waals surface area contributed by atoms with Gasteiger partial charge >= 0.3 is 0 Å². The Morgan fingerprint density at radius 1 is 1.69 bits per heavy atom. The smallest absolute Gasteiger partial charge is 0.119 e. The Balaban J connectivity index is 2.77. The number of aromatic nitrogens is 1. The molecule has 1 aromatic heterocycles. The van der Waals surface area contributed by atoms with Gasteiger partial charge in [0, 0.05) is 11.4 Å². The van der Waals surface area contributed by atoms with E-state index < -0.39 is 0 Å². The number of thioether (sulfide) groups is 1. The van der Waals surface area contributed by atoms with E-state index in [0.29, 0.717) is 16.0 Å². The molecule has 0 saturated carbocycles. The van der Waals surface area contributed by atoms with E-state index in [0.717, 1.165) is 11.4 Å². The Morgan fingerprint density at radius 3 is 2.92 bits per heavy atom. The van der Waals surface area contributed by atoms with Crippen LogP contribution in [0.2, 0.25) is 5.02 Å². The molecule has 0 bridgehead atoms. The summed E-state index contributed by atoms with van der Waals surface area (Å²) in [6, 6.07) is 1.74. The Hall–Kier alpha value is -0.410. The minimum atomic E-state index is 0.538. The molecular formula is C9H13ClN2S. The van der Waals surface area contributed by atoms with Gasteiger partial charge < -0.3 is 5.73 Å². The number of nitrogens with two attached hydrogens (primary N) is 1. The van der Waals surface area contributed by atoms with Crippen LogP contribution in [0.1, 0.15) is 20.3 Å². The third-order valence-corrected chi connectivity index (χ3v) is 3.24. The minimum Gasteiger partial charge on any atom is -0.396 e. The minimum absolute atomic E-state index is 0.538. The largest absolute Gasteiger partial charge is 0.396 e. The van der Waals surface area contributed by atoms with Crippen LogP contribution in [0, 0.1) is 0 Å². The van der Waals surface area contributed by atoms with Gasteiger partial charge in [-0.15, -0.1) is 11.8 Å². The number of anilines is 1. The quantitative estimate of drug-likeness (QED) is 0.789. The maximum absolute atomic E-state index is 5.76. The molecule has 1 atom stereocenters. The lowest BCUT2D eigenvalue weighted by Crippen LogP contribution is -1.97. The molecule has 1 rings (SSSR count). The summed E-state index contributed by atoms with van der Waals surface area (Å²) in [4.78, 5) is 4.17. The molecule has 72 valence electrons. The average Bonchev–Trinajstić information content (AvgIpc) is 2.09. The lowest BCUT2D eigenvalue weighted by atomic mass is 10.4. The van der Waals surface area contributed by atoms with Crippen LogP contribution >= 0.6 is 23.4 Å². The van der Waals surface area contributed by atoms with Gasteiger partial charge in [-0.1, -0.05) is 25.4 Å². The first kappa shape index (κ1) is 10.7. The normalized spacial score (nSPS) is 12.8.